The number of amides is 4. The molecule has 0 spiro atoms. The third-order valence-electron chi connectivity index (χ3n) is 6.53. The van der Waals surface area contributed by atoms with Gasteiger partial charge in [0.1, 0.15) is 0 Å². The number of carbonyl (C=O) groups excluding carboxylic acids is 3. The molecule has 1 aliphatic heterocycles. The molecule has 4 aromatic carbocycles. The van der Waals surface area contributed by atoms with Crippen LogP contribution in [0.4, 0.5) is 16.2 Å². The maximum Gasteiger partial charge on any atom is 0.319 e. The Hall–Kier alpha value is -4.69. The van der Waals surface area contributed by atoms with Crippen LogP contribution in [0.3, 0.4) is 0 Å². The highest BCUT2D eigenvalue weighted by molar-refractivity contribution is 6.25. The highest BCUT2D eigenvalue weighted by Crippen LogP contribution is 2.30. The van der Waals surface area contributed by atoms with E-state index in [4.69, 9.17) is 5.73 Å². The molecule has 0 saturated carbocycles. The zero-order chi connectivity index (χ0) is 26.5. The molecule has 0 saturated heterocycles. The number of rotatable bonds is 9. The maximum absolute atomic E-state index is 13.0. The molecule has 0 unspecified atom stereocenters. The van der Waals surface area contributed by atoms with Crippen molar-refractivity contribution in [2.24, 2.45) is 5.73 Å². The van der Waals surface area contributed by atoms with Crippen LogP contribution >= 0.6 is 0 Å². The third-order valence-corrected chi connectivity index (χ3v) is 6.53. The minimum absolute atomic E-state index is 0.235. The lowest BCUT2D eigenvalue weighted by molar-refractivity contribution is 0.0610. The average molecular weight is 508 g/mol. The molecule has 0 atom stereocenters. The van der Waals surface area contributed by atoms with Crippen molar-refractivity contribution in [3.05, 3.63) is 96.1 Å². The minimum atomic E-state index is -0.283. The molecule has 1 heterocycles. The normalized spacial score (nSPS) is 12.5. The Balaban J connectivity index is 1.14. The summed E-state index contributed by atoms with van der Waals surface area (Å²) in [5.74, 6) is -0.470. The lowest BCUT2D eigenvalue weighted by atomic mass is 9.94. The molecule has 0 fully saturated rings. The van der Waals surface area contributed by atoms with Crippen molar-refractivity contribution >= 4 is 40.0 Å². The van der Waals surface area contributed by atoms with Crippen LogP contribution in [-0.2, 0) is 0 Å². The first kappa shape index (κ1) is 25.0. The van der Waals surface area contributed by atoms with Crippen molar-refractivity contribution in [2.45, 2.75) is 6.42 Å². The summed E-state index contributed by atoms with van der Waals surface area (Å²) in [7, 11) is 0. The Kier molecular flexibility index (Phi) is 7.33. The Morgan fingerprint density at radius 3 is 1.89 bits per heavy atom. The van der Waals surface area contributed by atoms with E-state index < -0.39 is 0 Å². The molecule has 1 aliphatic rings. The molecular formula is C30H29N5O3. The van der Waals surface area contributed by atoms with E-state index in [9.17, 15) is 14.4 Å². The first-order valence-electron chi connectivity index (χ1n) is 12.6. The summed E-state index contributed by atoms with van der Waals surface area (Å²) in [5, 5.41) is 10.5. The number of anilines is 2. The average Bonchev–Trinajstić information content (AvgIpc) is 2.95. The van der Waals surface area contributed by atoms with Gasteiger partial charge in [-0.3, -0.25) is 14.5 Å². The van der Waals surface area contributed by atoms with E-state index in [1.165, 1.54) is 4.90 Å². The number of urea groups is 1. The highest BCUT2D eigenvalue weighted by Gasteiger charge is 2.32. The van der Waals surface area contributed by atoms with E-state index in [-0.39, 0.29) is 17.8 Å². The second kappa shape index (κ2) is 11.1. The van der Waals surface area contributed by atoms with Gasteiger partial charge in [-0.15, -0.1) is 0 Å². The smallest absolute Gasteiger partial charge is 0.319 e. The summed E-state index contributed by atoms with van der Waals surface area (Å²) < 4.78 is 0. The highest BCUT2D eigenvalue weighted by atomic mass is 16.2. The molecule has 0 aliphatic carbocycles. The second-order valence-electron chi connectivity index (χ2n) is 9.08. The van der Waals surface area contributed by atoms with Crippen molar-refractivity contribution < 1.29 is 14.4 Å². The summed E-state index contributed by atoms with van der Waals surface area (Å²) in [5.41, 5.74) is 10.3. The van der Waals surface area contributed by atoms with Crippen LogP contribution in [0.15, 0.2) is 84.9 Å². The molecule has 8 heteroatoms. The SMILES string of the molecule is NCCNC(=O)Nc1ccc(-c2ccc(NCCCN3C(=O)c4cccc5cccc(c45)C3=O)cc2)cc1. The van der Waals surface area contributed by atoms with Gasteiger partial charge in [0, 0.05) is 54.1 Å². The van der Waals surface area contributed by atoms with E-state index in [1.54, 1.807) is 12.1 Å². The Bertz CT molecular complexity index is 1430. The molecule has 5 N–H and O–H groups in total. The van der Waals surface area contributed by atoms with Crippen molar-refractivity contribution in [3.63, 3.8) is 0 Å². The van der Waals surface area contributed by atoms with Crippen LogP contribution in [-0.4, -0.2) is 48.9 Å². The quantitative estimate of drug-likeness (QED) is 0.194. The van der Waals surface area contributed by atoms with Crippen LogP contribution < -0.4 is 21.7 Å². The Morgan fingerprint density at radius 2 is 1.32 bits per heavy atom. The second-order valence-corrected chi connectivity index (χ2v) is 9.08. The topological polar surface area (TPSA) is 117 Å². The van der Waals surface area contributed by atoms with Gasteiger partial charge in [0.25, 0.3) is 11.8 Å². The molecule has 192 valence electrons. The van der Waals surface area contributed by atoms with Crippen LogP contribution in [0.1, 0.15) is 27.1 Å². The third kappa shape index (κ3) is 5.21. The van der Waals surface area contributed by atoms with Gasteiger partial charge < -0.3 is 21.7 Å². The summed E-state index contributed by atoms with van der Waals surface area (Å²) in [6.07, 6.45) is 0.630. The lowest BCUT2D eigenvalue weighted by Gasteiger charge is -2.27. The molecule has 0 radical (unpaired) electrons. The fourth-order valence-electron chi connectivity index (χ4n) is 4.64. The largest absolute Gasteiger partial charge is 0.385 e. The fraction of sp³-hybridized carbons (Fsp3) is 0.167. The van der Waals surface area contributed by atoms with Gasteiger partial charge in [0.2, 0.25) is 0 Å². The van der Waals surface area contributed by atoms with Crippen LogP contribution in [0, 0.1) is 0 Å². The van der Waals surface area contributed by atoms with Gasteiger partial charge in [-0.25, -0.2) is 4.79 Å². The number of nitrogens with one attached hydrogen (secondary N) is 3. The lowest BCUT2D eigenvalue weighted by Crippen LogP contribution is -2.41. The molecule has 0 aromatic heterocycles. The Morgan fingerprint density at radius 1 is 0.737 bits per heavy atom. The van der Waals surface area contributed by atoms with Crippen molar-refractivity contribution in [1.82, 2.24) is 10.2 Å². The maximum atomic E-state index is 13.0. The zero-order valence-corrected chi connectivity index (χ0v) is 20.9. The van der Waals surface area contributed by atoms with Crippen LogP contribution in [0.2, 0.25) is 0 Å². The van der Waals surface area contributed by atoms with Crippen molar-refractivity contribution in [2.75, 3.05) is 36.8 Å². The number of nitrogens with zero attached hydrogens (tertiary/aromatic N) is 1. The number of hydrogen-bond donors (Lipinski definition) is 4. The van der Waals surface area contributed by atoms with Gasteiger partial charge >= 0.3 is 6.03 Å². The monoisotopic (exact) mass is 507 g/mol. The number of hydrogen-bond acceptors (Lipinski definition) is 5. The summed E-state index contributed by atoms with van der Waals surface area (Å²) in [6, 6.07) is 26.5. The van der Waals surface area contributed by atoms with Gasteiger partial charge in [-0.05, 0) is 59.3 Å². The van der Waals surface area contributed by atoms with Gasteiger partial charge in [-0.2, -0.15) is 0 Å². The van der Waals surface area contributed by atoms with Crippen molar-refractivity contribution in [1.29, 1.82) is 0 Å². The predicted molar refractivity (Wildman–Crippen MR) is 150 cm³/mol. The minimum Gasteiger partial charge on any atom is -0.385 e. The molecule has 4 amide bonds. The van der Waals surface area contributed by atoms with Gasteiger partial charge in [0.05, 0.1) is 0 Å². The number of nitrogens with two attached hydrogens (primary N) is 1. The van der Waals surface area contributed by atoms with Gasteiger partial charge in [0.15, 0.2) is 0 Å². The number of imide groups is 1. The van der Waals surface area contributed by atoms with Gasteiger partial charge in [-0.1, -0.05) is 48.5 Å². The molecule has 4 aromatic rings. The molecular weight excluding hydrogens is 478 g/mol. The summed E-state index contributed by atoms with van der Waals surface area (Å²) in [6.45, 7) is 1.78. The van der Waals surface area contributed by atoms with E-state index in [0.29, 0.717) is 49.4 Å². The molecule has 0 bridgehead atoms. The van der Waals surface area contributed by atoms with Crippen LogP contribution in [0.25, 0.3) is 21.9 Å². The first-order chi connectivity index (χ1) is 18.5. The Labute approximate surface area is 220 Å². The zero-order valence-electron chi connectivity index (χ0n) is 20.9. The first-order valence-corrected chi connectivity index (χ1v) is 12.6. The summed E-state index contributed by atoms with van der Waals surface area (Å²) in [4.78, 5) is 39.2. The number of carbonyl (C=O) groups is 3. The van der Waals surface area contributed by atoms with Crippen LogP contribution in [0.5, 0.6) is 0 Å². The van der Waals surface area contributed by atoms with E-state index in [0.717, 1.165) is 27.6 Å². The standard InChI is InChI=1S/C30H29N5O3/c31-16-18-33-30(38)34-24-14-10-21(11-15-24)20-8-12-23(13-9-20)32-17-3-19-35-28(36)25-6-1-4-22-5-2-7-26(27(22)25)29(35)37/h1-2,4-15,32H,3,16-19,31H2,(H2,33,34,38). The fourth-order valence-corrected chi connectivity index (χ4v) is 4.64. The van der Waals surface area contributed by atoms with E-state index in [2.05, 4.69) is 16.0 Å². The van der Waals surface area contributed by atoms with E-state index >= 15 is 0 Å². The molecule has 8 nitrogen and oxygen atoms in total. The summed E-state index contributed by atoms with van der Waals surface area (Å²) >= 11 is 0. The molecule has 38 heavy (non-hydrogen) atoms. The number of benzene rings is 4. The van der Waals surface area contributed by atoms with Crippen molar-refractivity contribution in [3.8, 4) is 11.1 Å². The molecule has 5 rings (SSSR count). The predicted octanol–water partition coefficient (Wildman–Crippen LogP) is 4.69. The van der Waals surface area contributed by atoms with E-state index in [1.807, 2.05) is 72.8 Å².